The first-order chi connectivity index (χ1) is 9.43. The van der Waals surface area contributed by atoms with Gasteiger partial charge in [0.1, 0.15) is 5.54 Å². The van der Waals surface area contributed by atoms with Crippen molar-refractivity contribution in [3.63, 3.8) is 0 Å². The van der Waals surface area contributed by atoms with Gasteiger partial charge in [-0.2, -0.15) is 0 Å². The lowest BCUT2D eigenvalue weighted by Gasteiger charge is -2.29. The number of rotatable bonds is 4. The maximum atomic E-state index is 11.9. The fourth-order valence-electron chi connectivity index (χ4n) is 1.91. The molecule has 0 saturated heterocycles. The minimum atomic E-state index is -1.10. The smallest absolute Gasteiger partial charge is 0.247 e. The molecule has 1 unspecified atom stereocenters. The molecule has 3 N–H and O–H groups in total. The number of nitrogens with one attached hydrogen (secondary N) is 1. The van der Waals surface area contributed by atoms with Crippen molar-refractivity contribution in [3.05, 3.63) is 64.1 Å². The molecule has 20 heavy (non-hydrogen) atoms. The molecule has 0 bridgehead atoms. The van der Waals surface area contributed by atoms with Crippen LogP contribution in [0.2, 0.25) is 10.0 Å². The van der Waals surface area contributed by atoms with Crippen molar-refractivity contribution in [2.75, 3.05) is 5.32 Å². The molecule has 0 heterocycles. The molecular formula is C15H14Cl2N2O. The second kappa shape index (κ2) is 5.73. The average molecular weight is 309 g/mol. The van der Waals surface area contributed by atoms with Gasteiger partial charge in [-0.25, -0.2) is 0 Å². The summed E-state index contributed by atoms with van der Waals surface area (Å²) in [5.41, 5.74) is 5.77. The molecule has 0 saturated carbocycles. The molecule has 1 atom stereocenters. The molecule has 2 aromatic rings. The van der Waals surface area contributed by atoms with Crippen LogP contribution in [-0.4, -0.2) is 5.91 Å². The zero-order valence-corrected chi connectivity index (χ0v) is 12.4. The molecule has 0 spiro atoms. The zero-order chi connectivity index (χ0) is 14.8. The summed E-state index contributed by atoms with van der Waals surface area (Å²) in [7, 11) is 0. The molecule has 0 aromatic heterocycles. The summed E-state index contributed by atoms with van der Waals surface area (Å²) in [6.07, 6.45) is 0. The van der Waals surface area contributed by atoms with Gasteiger partial charge in [0.15, 0.2) is 0 Å². The number of nitrogens with two attached hydrogens (primary N) is 1. The van der Waals surface area contributed by atoms with Gasteiger partial charge in [0.25, 0.3) is 0 Å². The first kappa shape index (κ1) is 14.7. The van der Waals surface area contributed by atoms with Gasteiger partial charge in [-0.15, -0.1) is 0 Å². The lowest BCUT2D eigenvalue weighted by molar-refractivity contribution is -0.122. The standard InChI is InChI=1S/C15H14Cl2N2O/c1-15(14(18)20,10-5-4-6-11(16)9-10)19-13-8-3-2-7-12(13)17/h2-9,19H,1H3,(H2,18,20). The van der Waals surface area contributed by atoms with Gasteiger partial charge in [0.05, 0.1) is 10.7 Å². The van der Waals surface area contributed by atoms with Crippen LogP contribution in [0, 0.1) is 0 Å². The van der Waals surface area contributed by atoms with Crippen molar-refractivity contribution in [1.29, 1.82) is 0 Å². The number of amides is 1. The Labute approximate surface area is 127 Å². The van der Waals surface area contributed by atoms with Crippen molar-refractivity contribution >= 4 is 34.8 Å². The Morgan fingerprint density at radius 1 is 1.15 bits per heavy atom. The van der Waals surface area contributed by atoms with Crippen LogP contribution < -0.4 is 11.1 Å². The van der Waals surface area contributed by atoms with Gasteiger partial charge >= 0.3 is 0 Å². The maximum Gasteiger partial charge on any atom is 0.247 e. The van der Waals surface area contributed by atoms with Gasteiger partial charge in [-0.3, -0.25) is 4.79 Å². The third-order valence-electron chi connectivity index (χ3n) is 3.15. The van der Waals surface area contributed by atoms with E-state index >= 15 is 0 Å². The van der Waals surface area contributed by atoms with E-state index in [1.807, 2.05) is 12.1 Å². The van der Waals surface area contributed by atoms with E-state index in [0.29, 0.717) is 21.3 Å². The molecule has 0 aliphatic heterocycles. The van der Waals surface area contributed by atoms with Crippen LogP contribution in [0.4, 0.5) is 5.69 Å². The van der Waals surface area contributed by atoms with Crippen molar-refractivity contribution < 1.29 is 4.79 Å². The van der Waals surface area contributed by atoms with Gasteiger partial charge in [-0.05, 0) is 36.8 Å². The highest BCUT2D eigenvalue weighted by atomic mass is 35.5. The molecule has 2 rings (SSSR count). The minimum Gasteiger partial charge on any atom is -0.367 e. The van der Waals surface area contributed by atoms with Crippen molar-refractivity contribution in [3.8, 4) is 0 Å². The van der Waals surface area contributed by atoms with E-state index in [0.717, 1.165) is 0 Å². The number of hydrogen-bond donors (Lipinski definition) is 2. The van der Waals surface area contributed by atoms with Crippen LogP contribution in [0.5, 0.6) is 0 Å². The molecule has 0 aliphatic rings. The SMILES string of the molecule is CC(Nc1ccccc1Cl)(C(N)=O)c1cccc(Cl)c1. The maximum absolute atomic E-state index is 11.9. The highest BCUT2D eigenvalue weighted by Crippen LogP contribution is 2.31. The third kappa shape index (κ3) is 2.89. The molecule has 5 heteroatoms. The number of carbonyl (C=O) groups excluding carboxylic acids is 1. The van der Waals surface area contributed by atoms with E-state index in [9.17, 15) is 4.79 Å². The third-order valence-corrected chi connectivity index (χ3v) is 3.72. The van der Waals surface area contributed by atoms with E-state index in [2.05, 4.69) is 5.32 Å². The first-order valence-corrected chi connectivity index (χ1v) is 6.78. The predicted octanol–water partition coefficient (Wildman–Crippen LogP) is 3.81. The second-order valence-corrected chi connectivity index (χ2v) is 5.45. The van der Waals surface area contributed by atoms with E-state index in [4.69, 9.17) is 28.9 Å². The number of anilines is 1. The van der Waals surface area contributed by atoms with Crippen LogP contribution in [-0.2, 0) is 10.3 Å². The zero-order valence-electron chi connectivity index (χ0n) is 10.9. The van der Waals surface area contributed by atoms with Gasteiger partial charge in [-0.1, -0.05) is 47.5 Å². The number of benzene rings is 2. The number of carbonyl (C=O) groups is 1. The molecule has 104 valence electrons. The van der Waals surface area contributed by atoms with Crippen LogP contribution >= 0.6 is 23.2 Å². The number of primary amides is 1. The van der Waals surface area contributed by atoms with E-state index in [-0.39, 0.29) is 0 Å². The van der Waals surface area contributed by atoms with Crippen molar-refractivity contribution in [2.24, 2.45) is 5.73 Å². The summed E-state index contributed by atoms with van der Waals surface area (Å²) in [6, 6.07) is 14.2. The number of hydrogen-bond acceptors (Lipinski definition) is 2. The molecule has 0 radical (unpaired) electrons. The van der Waals surface area contributed by atoms with Crippen LogP contribution in [0.15, 0.2) is 48.5 Å². The fourth-order valence-corrected chi connectivity index (χ4v) is 2.28. The Hall–Kier alpha value is -1.71. The molecule has 0 fully saturated rings. The highest BCUT2D eigenvalue weighted by molar-refractivity contribution is 6.33. The van der Waals surface area contributed by atoms with Crippen LogP contribution in [0.1, 0.15) is 12.5 Å². The summed E-state index contributed by atoms with van der Waals surface area (Å²) >= 11 is 12.1. The first-order valence-electron chi connectivity index (χ1n) is 6.02. The summed E-state index contributed by atoms with van der Waals surface area (Å²) < 4.78 is 0. The largest absolute Gasteiger partial charge is 0.367 e. The molecule has 0 aliphatic carbocycles. The Balaban J connectivity index is 2.46. The lowest BCUT2D eigenvalue weighted by Crippen LogP contribution is -2.45. The van der Waals surface area contributed by atoms with Gasteiger partial charge in [0.2, 0.25) is 5.91 Å². The second-order valence-electron chi connectivity index (χ2n) is 4.60. The van der Waals surface area contributed by atoms with Gasteiger partial charge in [0, 0.05) is 5.02 Å². The molecule has 2 aromatic carbocycles. The normalized spacial score (nSPS) is 13.6. The van der Waals surface area contributed by atoms with Crippen molar-refractivity contribution in [2.45, 2.75) is 12.5 Å². The summed E-state index contributed by atoms with van der Waals surface area (Å²) in [6.45, 7) is 1.70. The van der Waals surface area contributed by atoms with E-state index < -0.39 is 11.4 Å². The van der Waals surface area contributed by atoms with Crippen molar-refractivity contribution in [1.82, 2.24) is 0 Å². The molecular weight excluding hydrogens is 295 g/mol. The summed E-state index contributed by atoms with van der Waals surface area (Å²) in [5, 5.41) is 4.16. The number of para-hydroxylation sites is 1. The molecule has 1 amide bonds. The molecule has 3 nitrogen and oxygen atoms in total. The minimum absolute atomic E-state index is 0.514. The Morgan fingerprint density at radius 2 is 1.85 bits per heavy atom. The van der Waals surface area contributed by atoms with Crippen LogP contribution in [0.25, 0.3) is 0 Å². The topological polar surface area (TPSA) is 55.1 Å². The Bertz CT molecular complexity index is 645. The van der Waals surface area contributed by atoms with Gasteiger partial charge < -0.3 is 11.1 Å². The summed E-state index contributed by atoms with van der Waals surface area (Å²) in [5.74, 6) is -0.514. The predicted molar refractivity (Wildman–Crippen MR) is 83.1 cm³/mol. The number of halogens is 2. The monoisotopic (exact) mass is 308 g/mol. The quantitative estimate of drug-likeness (QED) is 0.902. The van der Waals surface area contributed by atoms with Crippen LogP contribution in [0.3, 0.4) is 0 Å². The van der Waals surface area contributed by atoms with E-state index in [1.165, 1.54) is 0 Å². The lowest BCUT2D eigenvalue weighted by atomic mass is 9.91. The highest BCUT2D eigenvalue weighted by Gasteiger charge is 2.33. The summed E-state index contributed by atoms with van der Waals surface area (Å²) in [4.78, 5) is 11.9. The van der Waals surface area contributed by atoms with E-state index in [1.54, 1.807) is 43.3 Å². The Morgan fingerprint density at radius 3 is 2.45 bits per heavy atom. The average Bonchev–Trinajstić information content (AvgIpc) is 2.41. The fraction of sp³-hybridized carbons (Fsp3) is 0.133. The Kier molecular flexibility index (Phi) is 4.21.